The van der Waals surface area contributed by atoms with Crippen LogP contribution in [0.3, 0.4) is 0 Å². The van der Waals surface area contributed by atoms with Crippen molar-refractivity contribution in [1.82, 2.24) is 4.90 Å². The number of likely N-dealkylation sites (tertiary alicyclic amines) is 1. The highest BCUT2D eigenvalue weighted by atomic mass is 79.9. The van der Waals surface area contributed by atoms with Gasteiger partial charge in [0, 0.05) is 19.1 Å². The lowest BCUT2D eigenvalue weighted by atomic mass is 10.1. The quantitative estimate of drug-likeness (QED) is 0.910. The third-order valence-corrected chi connectivity index (χ3v) is 4.12. The van der Waals surface area contributed by atoms with Gasteiger partial charge in [0.25, 0.3) is 0 Å². The molecule has 1 saturated heterocycles. The molecule has 5 heteroatoms. The Kier molecular flexibility index (Phi) is 5.57. The van der Waals surface area contributed by atoms with E-state index in [-0.39, 0.29) is 12.4 Å². The Morgan fingerprint density at radius 2 is 2.40 bits per heavy atom. The fourth-order valence-corrected chi connectivity index (χ4v) is 3.12. The summed E-state index contributed by atoms with van der Waals surface area (Å²) in [7, 11) is 0. The van der Waals surface area contributed by atoms with Crippen molar-refractivity contribution in [1.29, 1.82) is 0 Å². The molecule has 2 rings (SSSR count). The number of hydrogen-bond donors (Lipinski definition) is 1. The second-order valence-electron chi connectivity index (χ2n) is 3.90. The summed E-state index contributed by atoms with van der Waals surface area (Å²) in [6.45, 7) is 3.30. The monoisotopic (exact) mass is 310 g/mol. The zero-order chi connectivity index (χ0) is 9.97. The second-order valence-corrected chi connectivity index (χ2v) is 6.19. The van der Waals surface area contributed by atoms with Gasteiger partial charge in [-0.1, -0.05) is 0 Å². The van der Waals surface area contributed by atoms with Crippen molar-refractivity contribution in [3.8, 4) is 0 Å². The van der Waals surface area contributed by atoms with E-state index in [9.17, 15) is 0 Å². The van der Waals surface area contributed by atoms with Crippen LogP contribution in [0, 0.1) is 0 Å². The molecule has 15 heavy (non-hydrogen) atoms. The summed E-state index contributed by atoms with van der Waals surface area (Å²) >= 11 is 5.24. The predicted octanol–water partition coefficient (Wildman–Crippen LogP) is 2.86. The second kappa shape index (κ2) is 6.21. The molecule has 2 heterocycles. The average Bonchev–Trinajstić information content (AvgIpc) is 2.51. The maximum absolute atomic E-state index is 5.94. The SMILES string of the molecule is Cl.N[C@@H]1CCCN(Cc2csc(Br)c2)C1. The fraction of sp³-hybridized carbons (Fsp3) is 0.600. The maximum Gasteiger partial charge on any atom is 0.0701 e. The summed E-state index contributed by atoms with van der Waals surface area (Å²) in [5, 5.41) is 2.21. The van der Waals surface area contributed by atoms with E-state index >= 15 is 0 Å². The Morgan fingerprint density at radius 3 is 3.00 bits per heavy atom. The minimum atomic E-state index is 0. The normalized spacial score (nSPS) is 22.4. The van der Waals surface area contributed by atoms with E-state index in [0.717, 1.165) is 13.1 Å². The van der Waals surface area contributed by atoms with Crippen LogP contribution in [0.4, 0.5) is 0 Å². The van der Waals surface area contributed by atoms with Crippen molar-refractivity contribution < 1.29 is 0 Å². The van der Waals surface area contributed by atoms with E-state index in [4.69, 9.17) is 5.73 Å². The molecule has 0 radical (unpaired) electrons. The lowest BCUT2D eigenvalue weighted by Gasteiger charge is -2.30. The minimum absolute atomic E-state index is 0. The number of nitrogens with two attached hydrogens (primary N) is 1. The summed E-state index contributed by atoms with van der Waals surface area (Å²) in [4.78, 5) is 2.45. The van der Waals surface area contributed by atoms with Crippen LogP contribution in [-0.4, -0.2) is 24.0 Å². The smallest absolute Gasteiger partial charge is 0.0701 e. The van der Waals surface area contributed by atoms with Gasteiger partial charge in [0.05, 0.1) is 3.79 Å². The summed E-state index contributed by atoms with van der Waals surface area (Å²) < 4.78 is 1.22. The number of rotatable bonds is 2. The molecule has 2 N–H and O–H groups in total. The predicted molar refractivity (Wildman–Crippen MR) is 71.8 cm³/mol. The Bertz CT molecular complexity index is 305. The van der Waals surface area contributed by atoms with Crippen LogP contribution < -0.4 is 5.73 Å². The van der Waals surface area contributed by atoms with Gasteiger partial charge in [-0.05, 0) is 52.3 Å². The number of piperidine rings is 1. The Balaban J connectivity index is 0.00000112. The van der Waals surface area contributed by atoms with E-state index in [2.05, 4.69) is 32.3 Å². The van der Waals surface area contributed by atoms with E-state index in [1.807, 2.05) is 0 Å². The Morgan fingerprint density at radius 1 is 1.60 bits per heavy atom. The van der Waals surface area contributed by atoms with Crippen LogP contribution in [-0.2, 0) is 6.54 Å². The number of thiophene rings is 1. The maximum atomic E-state index is 5.94. The number of halogens is 2. The first-order valence-corrected chi connectivity index (χ1v) is 6.62. The molecule has 0 aliphatic carbocycles. The van der Waals surface area contributed by atoms with E-state index in [0.29, 0.717) is 6.04 Å². The van der Waals surface area contributed by atoms with Gasteiger partial charge in [-0.25, -0.2) is 0 Å². The van der Waals surface area contributed by atoms with Crippen molar-refractivity contribution >= 4 is 39.7 Å². The molecule has 1 fully saturated rings. The summed E-state index contributed by atoms with van der Waals surface area (Å²) in [5.74, 6) is 0. The van der Waals surface area contributed by atoms with Crippen LogP contribution in [0.1, 0.15) is 18.4 Å². The molecule has 0 aromatic carbocycles. The molecule has 1 aliphatic rings. The van der Waals surface area contributed by atoms with Crippen molar-refractivity contribution in [2.45, 2.75) is 25.4 Å². The van der Waals surface area contributed by atoms with Crippen LogP contribution >= 0.6 is 39.7 Å². The average molecular weight is 312 g/mol. The zero-order valence-corrected chi connectivity index (χ0v) is 11.7. The molecule has 0 saturated carbocycles. The molecule has 0 amide bonds. The molecule has 0 unspecified atom stereocenters. The molecule has 0 bridgehead atoms. The highest BCUT2D eigenvalue weighted by Crippen LogP contribution is 2.22. The molecule has 1 aromatic rings. The molecule has 1 atom stereocenters. The fourth-order valence-electron chi connectivity index (χ4n) is 1.92. The van der Waals surface area contributed by atoms with Crippen molar-refractivity contribution in [2.75, 3.05) is 13.1 Å². The van der Waals surface area contributed by atoms with Crippen LogP contribution in [0.15, 0.2) is 15.2 Å². The Hall–Kier alpha value is 0.390. The summed E-state index contributed by atoms with van der Waals surface area (Å²) in [6.07, 6.45) is 2.43. The first-order chi connectivity index (χ1) is 6.74. The molecule has 1 aromatic heterocycles. The van der Waals surface area contributed by atoms with Crippen LogP contribution in [0.25, 0.3) is 0 Å². The zero-order valence-electron chi connectivity index (χ0n) is 8.49. The van der Waals surface area contributed by atoms with Gasteiger partial charge in [0.2, 0.25) is 0 Å². The van der Waals surface area contributed by atoms with Gasteiger partial charge in [-0.2, -0.15) is 0 Å². The van der Waals surface area contributed by atoms with Gasteiger partial charge < -0.3 is 5.73 Å². The number of nitrogens with zero attached hydrogens (tertiary/aromatic N) is 1. The van der Waals surface area contributed by atoms with Gasteiger partial charge in [-0.3, -0.25) is 4.90 Å². The van der Waals surface area contributed by atoms with Gasteiger partial charge in [0.1, 0.15) is 0 Å². The van der Waals surface area contributed by atoms with E-state index in [1.165, 1.54) is 28.7 Å². The van der Waals surface area contributed by atoms with Crippen molar-refractivity contribution in [3.05, 3.63) is 20.8 Å². The van der Waals surface area contributed by atoms with Gasteiger partial charge in [-0.15, -0.1) is 23.7 Å². The van der Waals surface area contributed by atoms with Crippen LogP contribution in [0.5, 0.6) is 0 Å². The highest BCUT2D eigenvalue weighted by Gasteiger charge is 2.16. The minimum Gasteiger partial charge on any atom is -0.327 e. The van der Waals surface area contributed by atoms with E-state index < -0.39 is 0 Å². The van der Waals surface area contributed by atoms with Crippen LogP contribution in [0.2, 0.25) is 0 Å². The molecular formula is C10H16BrClN2S. The molecule has 1 aliphatic heterocycles. The third-order valence-electron chi connectivity index (χ3n) is 2.57. The third kappa shape index (κ3) is 4.04. The largest absolute Gasteiger partial charge is 0.327 e. The molecule has 86 valence electrons. The van der Waals surface area contributed by atoms with Gasteiger partial charge in [0.15, 0.2) is 0 Å². The molecule has 2 nitrogen and oxygen atoms in total. The van der Waals surface area contributed by atoms with E-state index in [1.54, 1.807) is 11.3 Å². The number of hydrogen-bond acceptors (Lipinski definition) is 3. The standard InChI is InChI=1S/C10H15BrN2S.ClH/c11-10-4-8(7-14-10)5-13-3-1-2-9(12)6-13;/h4,7,9H,1-3,5-6,12H2;1H/t9-;/m1./s1. The van der Waals surface area contributed by atoms with Crippen molar-refractivity contribution in [3.63, 3.8) is 0 Å². The lowest BCUT2D eigenvalue weighted by Crippen LogP contribution is -2.42. The first kappa shape index (κ1) is 13.5. The highest BCUT2D eigenvalue weighted by molar-refractivity contribution is 9.11. The lowest BCUT2D eigenvalue weighted by molar-refractivity contribution is 0.202. The van der Waals surface area contributed by atoms with Crippen molar-refractivity contribution in [2.24, 2.45) is 5.73 Å². The summed E-state index contributed by atoms with van der Waals surface area (Å²) in [5.41, 5.74) is 7.33. The summed E-state index contributed by atoms with van der Waals surface area (Å²) in [6, 6.07) is 2.58. The topological polar surface area (TPSA) is 29.3 Å². The molecule has 0 spiro atoms. The Labute approximate surface area is 109 Å². The first-order valence-electron chi connectivity index (χ1n) is 4.95. The van der Waals surface area contributed by atoms with Gasteiger partial charge >= 0.3 is 0 Å². The molecular weight excluding hydrogens is 296 g/mol.